The minimum Gasteiger partial charge on any atom is -0.491 e. The van der Waals surface area contributed by atoms with Gasteiger partial charge in [-0.1, -0.05) is 30.3 Å². The van der Waals surface area contributed by atoms with Crippen LogP contribution in [0.25, 0.3) is 0 Å². The number of benzene rings is 3. The number of hydrogen-bond acceptors (Lipinski definition) is 4. The maximum atomic E-state index is 13.1. The molecule has 3 aromatic rings. The molecule has 0 fully saturated rings. The van der Waals surface area contributed by atoms with Gasteiger partial charge in [0, 0.05) is 12.1 Å². The molecule has 0 aliphatic carbocycles. The Morgan fingerprint density at radius 1 is 0.882 bits per heavy atom. The van der Waals surface area contributed by atoms with Crippen molar-refractivity contribution in [3.8, 4) is 17.2 Å². The van der Waals surface area contributed by atoms with E-state index in [-0.39, 0.29) is 24.4 Å². The number of carbonyl (C=O) groups is 1. The maximum absolute atomic E-state index is 13.1. The Labute approximate surface area is 195 Å². The quantitative estimate of drug-likeness (QED) is 0.396. The van der Waals surface area contributed by atoms with Crippen molar-refractivity contribution < 1.29 is 32.2 Å². The lowest BCUT2D eigenvalue weighted by Crippen LogP contribution is -2.33. The van der Waals surface area contributed by atoms with Gasteiger partial charge in [-0.3, -0.25) is 4.79 Å². The average molecular weight is 471 g/mol. The largest absolute Gasteiger partial charge is 0.573 e. The number of fused-ring (bicyclic) bond motifs is 1. The Hall–Kier alpha value is -3.68. The summed E-state index contributed by atoms with van der Waals surface area (Å²) in [7, 11) is 0. The van der Waals surface area contributed by atoms with E-state index >= 15 is 0 Å². The number of rotatable bonds is 8. The summed E-state index contributed by atoms with van der Waals surface area (Å²) in [6.45, 7) is 4.43. The molecule has 0 bridgehead atoms. The highest BCUT2D eigenvalue weighted by Gasteiger charge is 2.34. The molecule has 0 N–H and O–H groups in total. The van der Waals surface area contributed by atoms with E-state index in [1.54, 1.807) is 11.0 Å². The lowest BCUT2D eigenvalue weighted by Gasteiger charge is -2.28. The van der Waals surface area contributed by atoms with E-state index in [4.69, 9.17) is 9.47 Å². The van der Waals surface area contributed by atoms with Crippen molar-refractivity contribution in [3.63, 3.8) is 0 Å². The molecular formula is C26H24F3NO4. The Morgan fingerprint density at radius 3 is 2.12 bits per heavy atom. The maximum Gasteiger partial charge on any atom is 0.573 e. The molecule has 0 aromatic heterocycles. The fraction of sp³-hybridized carbons (Fsp3) is 0.269. The summed E-state index contributed by atoms with van der Waals surface area (Å²) in [5, 5.41) is 0. The van der Waals surface area contributed by atoms with Crippen molar-refractivity contribution in [1.29, 1.82) is 0 Å². The highest BCUT2D eigenvalue weighted by molar-refractivity contribution is 5.98. The standard InChI is InChI=1S/C26H24F3NO4/c1-17(2)33-21-9-7-18(8-10-21)24(30-15-19-5-3-4-6-23(19)25(30)31)16-32-20-11-13-22(14-12-20)34-26(27,28)29/h3-14,17,24H,15-16H2,1-2H3. The zero-order chi connectivity index (χ0) is 24.3. The zero-order valence-electron chi connectivity index (χ0n) is 18.7. The van der Waals surface area contributed by atoms with Gasteiger partial charge in [0.05, 0.1) is 12.1 Å². The predicted molar refractivity (Wildman–Crippen MR) is 120 cm³/mol. The fourth-order valence-corrected chi connectivity index (χ4v) is 3.85. The van der Waals surface area contributed by atoms with Crippen LogP contribution >= 0.6 is 0 Å². The van der Waals surface area contributed by atoms with Crippen LogP contribution in [0.15, 0.2) is 72.8 Å². The summed E-state index contributed by atoms with van der Waals surface area (Å²) < 4.78 is 52.7. The smallest absolute Gasteiger partial charge is 0.491 e. The van der Waals surface area contributed by atoms with Crippen molar-refractivity contribution in [3.05, 3.63) is 89.5 Å². The third kappa shape index (κ3) is 5.62. The van der Waals surface area contributed by atoms with Crippen LogP contribution < -0.4 is 14.2 Å². The molecule has 4 rings (SSSR count). The number of ether oxygens (including phenoxy) is 3. The summed E-state index contributed by atoms with van der Waals surface area (Å²) in [5.74, 6) is 0.654. The van der Waals surface area contributed by atoms with E-state index in [0.717, 1.165) is 16.9 Å². The predicted octanol–water partition coefficient (Wildman–Crippen LogP) is 6.15. The minimum atomic E-state index is -4.76. The molecule has 1 aliphatic heterocycles. The number of amides is 1. The van der Waals surface area contributed by atoms with Gasteiger partial charge < -0.3 is 19.1 Å². The number of halogens is 3. The van der Waals surface area contributed by atoms with E-state index in [0.29, 0.717) is 17.9 Å². The van der Waals surface area contributed by atoms with E-state index in [9.17, 15) is 18.0 Å². The summed E-state index contributed by atoms with van der Waals surface area (Å²) in [6, 6.07) is 19.7. The van der Waals surface area contributed by atoms with Crippen molar-refractivity contribution in [1.82, 2.24) is 4.90 Å². The molecule has 178 valence electrons. The first-order valence-electron chi connectivity index (χ1n) is 10.8. The first-order valence-corrected chi connectivity index (χ1v) is 10.8. The second-order valence-electron chi connectivity index (χ2n) is 8.17. The van der Waals surface area contributed by atoms with Crippen LogP contribution in [-0.2, 0) is 6.54 Å². The van der Waals surface area contributed by atoms with Crippen LogP contribution in [0.1, 0.15) is 41.4 Å². The van der Waals surface area contributed by atoms with Gasteiger partial charge in [0.2, 0.25) is 0 Å². The fourth-order valence-electron chi connectivity index (χ4n) is 3.85. The van der Waals surface area contributed by atoms with Gasteiger partial charge in [-0.05, 0) is 67.4 Å². The highest BCUT2D eigenvalue weighted by atomic mass is 19.4. The van der Waals surface area contributed by atoms with Crippen LogP contribution in [0.2, 0.25) is 0 Å². The van der Waals surface area contributed by atoms with Crippen LogP contribution in [0, 0.1) is 0 Å². The van der Waals surface area contributed by atoms with Gasteiger partial charge in [0.25, 0.3) is 5.91 Å². The SMILES string of the molecule is CC(C)Oc1ccc(C(COc2ccc(OC(F)(F)F)cc2)N2Cc3ccccc3C2=O)cc1. The lowest BCUT2D eigenvalue weighted by molar-refractivity contribution is -0.274. The van der Waals surface area contributed by atoms with Gasteiger partial charge in [-0.2, -0.15) is 0 Å². The Bertz CT molecular complexity index is 1130. The Morgan fingerprint density at radius 2 is 1.50 bits per heavy atom. The monoisotopic (exact) mass is 471 g/mol. The zero-order valence-corrected chi connectivity index (χ0v) is 18.7. The van der Waals surface area contributed by atoms with Crippen LogP contribution in [0.5, 0.6) is 17.2 Å². The second-order valence-corrected chi connectivity index (χ2v) is 8.17. The first kappa shape index (κ1) is 23.5. The topological polar surface area (TPSA) is 48.0 Å². The minimum absolute atomic E-state index is 0.0314. The summed E-state index contributed by atoms with van der Waals surface area (Å²) in [4.78, 5) is 14.9. The highest BCUT2D eigenvalue weighted by Crippen LogP contribution is 2.33. The number of hydrogen-bond donors (Lipinski definition) is 0. The molecule has 0 spiro atoms. The van der Waals surface area contributed by atoms with Crippen molar-refractivity contribution in [2.24, 2.45) is 0 Å². The molecule has 8 heteroatoms. The third-order valence-corrected chi connectivity index (χ3v) is 5.33. The molecule has 1 unspecified atom stereocenters. The van der Waals surface area contributed by atoms with E-state index in [2.05, 4.69) is 4.74 Å². The van der Waals surface area contributed by atoms with Crippen molar-refractivity contribution >= 4 is 5.91 Å². The molecule has 34 heavy (non-hydrogen) atoms. The molecule has 1 heterocycles. The van der Waals surface area contributed by atoms with Crippen LogP contribution in [-0.4, -0.2) is 29.9 Å². The van der Waals surface area contributed by atoms with E-state index in [1.807, 2.05) is 56.3 Å². The van der Waals surface area contributed by atoms with Gasteiger partial charge in [0.1, 0.15) is 23.9 Å². The van der Waals surface area contributed by atoms with E-state index < -0.39 is 12.4 Å². The summed E-state index contributed by atoms with van der Waals surface area (Å²) >= 11 is 0. The van der Waals surface area contributed by atoms with Gasteiger partial charge in [-0.15, -0.1) is 13.2 Å². The normalized spacial score (nSPS) is 14.2. The molecular weight excluding hydrogens is 447 g/mol. The Balaban J connectivity index is 1.54. The molecule has 0 saturated heterocycles. The summed E-state index contributed by atoms with van der Waals surface area (Å²) in [5.41, 5.74) is 2.45. The number of nitrogens with zero attached hydrogens (tertiary/aromatic N) is 1. The van der Waals surface area contributed by atoms with Crippen LogP contribution in [0.4, 0.5) is 13.2 Å². The molecule has 5 nitrogen and oxygen atoms in total. The molecule has 1 atom stereocenters. The molecule has 1 aliphatic rings. The lowest BCUT2D eigenvalue weighted by atomic mass is 10.1. The van der Waals surface area contributed by atoms with Gasteiger partial charge in [-0.25, -0.2) is 0 Å². The molecule has 3 aromatic carbocycles. The van der Waals surface area contributed by atoms with Gasteiger partial charge >= 0.3 is 6.36 Å². The number of alkyl halides is 3. The average Bonchev–Trinajstić information content (AvgIpc) is 3.11. The summed E-state index contributed by atoms with van der Waals surface area (Å²) in [6.07, 6.45) is -4.73. The van der Waals surface area contributed by atoms with Crippen LogP contribution in [0.3, 0.4) is 0 Å². The molecule has 1 amide bonds. The third-order valence-electron chi connectivity index (χ3n) is 5.33. The first-order chi connectivity index (χ1) is 16.2. The van der Waals surface area contributed by atoms with Crippen molar-refractivity contribution in [2.75, 3.05) is 6.61 Å². The van der Waals surface area contributed by atoms with E-state index in [1.165, 1.54) is 24.3 Å². The van der Waals surface area contributed by atoms with Crippen molar-refractivity contribution in [2.45, 2.75) is 38.9 Å². The number of carbonyl (C=O) groups excluding carboxylic acids is 1. The molecule has 0 radical (unpaired) electrons. The molecule has 0 saturated carbocycles. The Kier molecular flexibility index (Phi) is 6.68. The van der Waals surface area contributed by atoms with Gasteiger partial charge in [0.15, 0.2) is 0 Å². The second kappa shape index (κ2) is 9.67.